The van der Waals surface area contributed by atoms with Crippen LogP contribution in [0.1, 0.15) is 26.7 Å². The Morgan fingerprint density at radius 2 is 1.88 bits per heavy atom. The smallest absolute Gasteiger partial charge is 0.217 e. The molecule has 6 heteroatoms. The van der Waals surface area contributed by atoms with Crippen molar-refractivity contribution in [2.24, 2.45) is 0 Å². The van der Waals surface area contributed by atoms with Crippen molar-refractivity contribution in [3.05, 3.63) is 0 Å². The first-order valence-electron chi connectivity index (χ1n) is 5.49. The summed E-state index contributed by atoms with van der Waals surface area (Å²) < 4.78 is 30.6. The molecule has 0 aromatic heterocycles. The predicted octanol–water partition coefficient (Wildman–Crippen LogP) is 0.198. The molecule has 1 rings (SSSR count). The van der Waals surface area contributed by atoms with E-state index in [0.29, 0.717) is 26.1 Å². The number of aliphatic hydroxyl groups is 1. The molecule has 1 aliphatic heterocycles. The van der Waals surface area contributed by atoms with Gasteiger partial charge in [0.2, 0.25) is 10.0 Å². The summed E-state index contributed by atoms with van der Waals surface area (Å²) in [6.45, 7) is 4.32. The van der Waals surface area contributed by atoms with E-state index in [1.54, 1.807) is 13.8 Å². The number of hydrogen-bond donors (Lipinski definition) is 1. The lowest BCUT2D eigenvalue weighted by atomic mass is 10.1. The average molecular weight is 251 g/mol. The zero-order chi connectivity index (χ0) is 12.4. The van der Waals surface area contributed by atoms with Crippen molar-refractivity contribution in [2.45, 2.75) is 37.5 Å². The van der Waals surface area contributed by atoms with Gasteiger partial charge in [-0.15, -0.1) is 0 Å². The van der Waals surface area contributed by atoms with Gasteiger partial charge in [0.25, 0.3) is 0 Å². The van der Waals surface area contributed by atoms with Crippen LogP contribution in [0.5, 0.6) is 0 Å². The van der Waals surface area contributed by atoms with Crippen molar-refractivity contribution >= 4 is 10.0 Å². The van der Waals surface area contributed by atoms with E-state index in [4.69, 9.17) is 4.74 Å². The number of rotatable bonds is 4. The number of likely N-dealkylation sites (N-methyl/N-ethyl adjacent to an activating group) is 1. The van der Waals surface area contributed by atoms with Gasteiger partial charge in [-0.05, 0) is 26.7 Å². The van der Waals surface area contributed by atoms with E-state index in [-0.39, 0.29) is 11.8 Å². The Morgan fingerprint density at radius 3 is 2.31 bits per heavy atom. The topological polar surface area (TPSA) is 66.8 Å². The highest BCUT2D eigenvalue weighted by Crippen LogP contribution is 2.20. The second-order valence-corrected chi connectivity index (χ2v) is 7.25. The Labute approximate surface area is 97.4 Å². The molecule has 0 unspecified atom stereocenters. The van der Waals surface area contributed by atoms with Crippen molar-refractivity contribution < 1.29 is 18.3 Å². The zero-order valence-corrected chi connectivity index (χ0v) is 11.0. The Balaban J connectivity index is 2.68. The van der Waals surface area contributed by atoms with Gasteiger partial charge in [0.15, 0.2) is 0 Å². The van der Waals surface area contributed by atoms with E-state index in [0.717, 1.165) is 0 Å². The van der Waals surface area contributed by atoms with Crippen LogP contribution in [0.2, 0.25) is 0 Å². The van der Waals surface area contributed by atoms with Gasteiger partial charge >= 0.3 is 0 Å². The summed E-state index contributed by atoms with van der Waals surface area (Å²) in [5, 5.41) is 9.25. The van der Waals surface area contributed by atoms with Gasteiger partial charge < -0.3 is 9.84 Å². The Kier molecular flexibility index (Phi) is 4.34. The van der Waals surface area contributed by atoms with Crippen LogP contribution in [0.25, 0.3) is 0 Å². The second-order valence-electron chi connectivity index (χ2n) is 4.93. The van der Waals surface area contributed by atoms with Crippen LogP contribution in [0.3, 0.4) is 0 Å². The predicted molar refractivity (Wildman–Crippen MR) is 61.7 cm³/mol. The van der Waals surface area contributed by atoms with Crippen molar-refractivity contribution in [3.63, 3.8) is 0 Å². The van der Waals surface area contributed by atoms with Gasteiger partial charge in [0.1, 0.15) is 0 Å². The van der Waals surface area contributed by atoms with Crippen molar-refractivity contribution in [2.75, 3.05) is 26.8 Å². The fourth-order valence-electron chi connectivity index (χ4n) is 1.86. The first-order chi connectivity index (χ1) is 7.23. The fourth-order valence-corrected chi connectivity index (χ4v) is 3.66. The highest BCUT2D eigenvalue weighted by molar-refractivity contribution is 7.89. The normalized spacial score (nSPS) is 20.3. The summed E-state index contributed by atoms with van der Waals surface area (Å²) in [6, 6.07) is 0. The molecular formula is C10H21NO4S. The van der Waals surface area contributed by atoms with Crippen LogP contribution >= 0.6 is 0 Å². The summed E-state index contributed by atoms with van der Waals surface area (Å²) in [7, 11) is -1.79. The quantitative estimate of drug-likeness (QED) is 0.775. The lowest BCUT2D eigenvalue weighted by molar-refractivity contribution is 0.0624. The third-order valence-electron chi connectivity index (χ3n) is 2.63. The van der Waals surface area contributed by atoms with Gasteiger partial charge in [-0.2, -0.15) is 0 Å². The van der Waals surface area contributed by atoms with Crippen molar-refractivity contribution in [3.8, 4) is 0 Å². The van der Waals surface area contributed by atoms with Crippen LogP contribution in [0, 0.1) is 0 Å². The third kappa shape index (κ3) is 3.69. The molecule has 0 spiro atoms. The van der Waals surface area contributed by atoms with Crippen LogP contribution < -0.4 is 0 Å². The highest BCUT2D eigenvalue weighted by atomic mass is 32.2. The number of ether oxygens (including phenoxy) is 1. The summed E-state index contributed by atoms with van der Waals surface area (Å²) in [6.07, 6.45) is 1.08. The minimum Gasteiger partial charge on any atom is -0.389 e. The first-order valence-corrected chi connectivity index (χ1v) is 6.99. The zero-order valence-electron chi connectivity index (χ0n) is 10.1. The molecule has 0 atom stereocenters. The average Bonchev–Trinajstić information content (AvgIpc) is 2.16. The molecule has 16 heavy (non-hydrogen) atoms. The van der Waals surface area contributed by atoms with Gasteiger partial charge in [-0.3, -0.25) is 0 Å². The molecule has 1 saturated heterocycles. The maximum Gasteiger partial charge on any atom is 0.217 e. The molecule has 0 amide bonds. The van der Waals surface area contributed by atoms with Crippen LogP contribution in [-0.2, 0) is 14.8 Å². The van der Waals surface area contributed by atoms with Crippen molar-refractivity contribution in [1.29, 1.82) is 0 Å². The molecule has 1 aliphatic rings. The maximum absolute atomic E-state index is 12.1. The van der Waals surface area contributed by atoms with Crippen LogP contribution in [0.4, 0.5) is 0 Å². The lowest BCUT2D eigenvalue weighted by Gasteiger charge is -2.30. The summed E-state index contributed by atoms with van der Waals surface area (Å²) >= 11 is 0. The molecule has 0 aromatic rings. The molecule has 1 fully saturated rings. The molecule has 0 aromatic carbocycles. The van der Waals surface area contributed by atoms with Gasteiger partial charge in [0, 0.05) is 26.8 Å². The van der Waals surface area contributed by atoms with E-state index in [9.17, 15) is 13.5 Å². The summed E-state index contributed by atoms with van der Waals surface area (Å²) in [5.74, 6) is 0. The molecule has 0 saturated carbocycles. The molecule has 0 radical (unpaired) electrons. The van der Waals surface area contributed by atoms with E-state index in [2.05, 4.69) is 0 Å². The molecule has 1 heterocycles. The molecule has 96 valence electrons. The molecule has 0 bridgehead atoms. The minimum atomic E-state index is -3.30. The Morgan fingerprint density at radius 1 is 1.38 bits per heavy atom. The SMILES string of the molecule is CN(CC(C)(C)O)S(=O)(=O)C1CCOCC1. The van der Waals surface area contributed by atoms with E-state index in [1.165, 1.54) is 11.4 Å². The monoisotopic (exact) mass is 251 g/mol. The second kappa shape index (κ2) is 5.00. The number of nitrogens with zero attached hydrogens (tertiary/aromatic N) is 1. The van der Waals surface area contributed by atoms with E-state index >= 15 is 0 Å². The third-order valence-corrected chi connectivity index (χ3v) is 4.95. The van der Waals surface area contributed by atoms with Crippen LogP contribution in [0.15, 0.2) is 0 Å². The maximum atomic E-state index is 12.1. The first kappa shape index (κ1) is 13.9. The highest BCUT2D eigenvalue weighted by Gasteiger charge is 2.33. The van der Waals surface area contributed by atoms with Crippen molar-refractivity contribution in [1.82, 2.24) is 4.31 Å². The molecule has 1 N–H and O–H groups in total. The minimum absolute atomic E-state index is 0.118. The standard InChI is InChI=1S/C10H21NO4S/c1-10(2,12)8-11(3)16(13,14)9-4-6-15-7-5-9/h9,12H,4-8H2,1-3H3. The summed E-state index contributed by atoms with van der Waals surface area (Å²) in [5.41, 5.74) is -1.01. The number of hydrogen-bond acceptors (Lipinski definition) is 4. The van der Waals surface area contributed by atoms with E-state index in [1.807, 2.05) is 0 Å². The molecule has 5 nitrogen and oxygen atoms in total. The van der Waals surface area contributed by atoms with Crippen LogP contribution in [-0.4, -0.2) is 55.5 Å². The Bertz CT molecular complexity index is 314. The van der Waals surface area contributed by atoms with E-state index < -0.39 is 15.6 Å². The lowest BCUT2D eigenvalue weighted by Crippen LogP contribution is -2.45. The fraction of sp³-hybridized carbons (Fsp3) is 1.00. The number of sulfonamides is 1. The van der Waals surface area contributed by atoms with Gasteiger partial charge in [-0.25, -0.2) is 12.7 Å². The summed E-state index contributed by atoms with van der Waals surface area (Å²) in [4.78, 5) is 0. The molecular weight excluding hydrogens is 230 g/mol. The van der Waals surface area contributed by atoms with Gasteiger partial charge in [0.05, 0.1) is 10.9 Å². The van der Waals surface area contributed by atoms with Gasteiger partial charge in [-0.1, -0.05) is 0 Å². The molecule has 0 aliphatic carbocycles. The Hall–Kier alpha value is -0.170. The largest absolute Gasteiger partial charge is 0.389 e.